The highest BCUT2D eigenvalue weighted by molar-refractivity contribution is 8.18. The summed E-state index contributed by atoms with van der Waals surface area (Å²) in [6, 6.07) is 21.5. The summed E-state index contributed by atoms with van der Waals surface area (Å²) in [5.74, 6) is -0.326. The van der Waals surface area contributed by atoms with Crippen LogP contribution in [0.3, 0.4) is 0 Å². The number of nitro groups is 1. The van der Waals surface area contributed by atoms with Crippen molar-refractivity contribution in [1.82, 2.24) is 4.90 Å². The summed E-state index contributed by atoms with van der Waals surface area (Å²) in [4.78, 5) is 48.9. The highest BCUT2D eigenvalue weighted by Gasteiger charge is 2.35. The number of nitro benzene ring substituents is 1. The molecule has 1 saturated heterocycles. The van der Waals surface area contributed by atoms with E-state index in [0.29, 0.717) is 22.6 Å². The van der Waals surface area contributed by atoms with Crippen molar-refractivity contribution in [1.29, 1.82) is 0 Å². The van der Waals surface area contributed by atoms with E-state index in [1.54, 1.807) is 42.5 Å². The Morgan fingerprint density at radius 2 is 1.77 bits per heavy atom. The number of carbonyl (C=O) groups is 3. The van der Waals surface area contributed by atoms with Crippen molar-refractivity contribution in [2.75, 3.05) is 11.9 Å². The fraction of sp³-hybridized carbons (Fsp3) is 0.0800. The zero-order valence-corrected chi connectivity index (χ0v) is 19.1. The highest BCUT2D eigenvalue weighted by atomic mass is 32.2. The molecular weight excluding hydrogens is 470 g/mol. The lowest BCUT2D eigenvalue weighted by atomic mass is 10.2. The van der Waals surface area contributed by atoms with E-state index in [-0.39, 0.29) is 29.7 Å². The molecule has 4 rings (SSSR count). The number of hydrogen-bond acceptors (Lipinski definition) is 7. The van der Waals surface area contributed by atoms with Gasteiger partial charge >= 0.3 is 0 Å². The van der Waals surface area contributed by atoms with Gasteiger partial charge in [0.05, 0.1) is 16.4 Å². The van der Waals surface area contributed by atoms with Gasteiger partial charge in [0.25, 0.3) is 22.7 Å². The zero-order chi connectivity index (χ0) is 24.8. The molecule has 0 saturated carbocycles. The van der Waals surface area contributed by atoms with Crippen molar-refractivity contribution in [3.63, 3.8) is 0 Å². The Kier molecular flexibility index (Phi) is 7.22. The van der Waals surface area contributed by atoms with Crippen molar-refractivity contribution in [2.45, 2.75) is 6.54 Å². The van der Waals surface area contributed by atoms with Crippen LogP contribution < -0.4 is 10.1 Å². The maximum Gasteiger partial charge on any atom is 0.293 e. The third-order valence-electron chi connectivity index (χ3n) is 4.94. The number of para-hydroxylation sites is 1. The first kappa shape index (κ1) is 23.7. The second kappa shape index (κ2) is 10.7. The topological polar surface area (TPSA) is 119 Å². The molecule has 1 aliphatic heterocycles. The SMILES string of the molecule is O=C(COc1cccc(/C=C2\SC(=O)N(Cc3ccc([N+](=O)[O-])cc3)C2=O)c1)Nc1ccccc1. The Bertz CT molecular complexity index is 1310. The first-order valence-corrected chi connectivity index (χ1v) is 11.3. The smallest absolute Gasteiger partial charge is 0.293 e. The number of nitrogens with zero attached hydrogens (tertiary/aromatic N) is 2. The molecule has 0 atom stereocenters. The van der Waals surface area contributed by atoms with Gasteiger partial charge in [0, 0.05) is 17.8 Å². The summed E-state index contributed by atoms with van der Waals surface area (Å²) in [6.07, 6.45) is 1.58. The van der Waals surface area contributed by atoms with Crippen LogP contribution in [-0.4, -0.2) is 33.5 Å². The lowest BCUT2D eigenvalue weighted by molar-refractivity contribution is -0.384. The molecule has 9 nitrogen and oxygen atoms in total. The van der Waals surface area contributed by atoms with Crippen LogP contribution in [-0.2, 0) is 16.1 Å². The van der Waals surface area contributed by atoms with Crippen molar-refractivity contribution < 1.29 is 24.0 Å². The molecule has 1 N–H and O–H groups in total. The van der Waals surface area contributed by atoms with Crippen LogP contribution in [0.2, 0.25) is 0 Å². The van der Waals surface area contributed by atoms with Crippen LogP contribution in [0, 0.1) is 10.1 Å². The zero-order valence-electron chi connectivity index (χ0n) is 18.2. The number of imide groups is 1. The molecule has 1 aliphatic rings. The number of benzene rings is 3. The molecule has 0 aliphatic carbocycles. The van der Waals surface area contributed by atoms with Crippen LogP contribution in [0.15, 0.2) is 83.8 Å². The molecule has 0 bridgehead atoms. The molecule has 0 aromatic heterocycles. The normalized spacial score (nSPS) is 14.3. The van der Waals surface area contributed by atoms with Gasteiger partial charge < -0.3 is 10.1 Å². The van der Waals surface area contributed by atoms with Gasteiger partial charge in [-0.2, -0.15) is 0 Å². The molecule has 3 aromatic rings. The molecule has 0 radical (unpaired) electrons. The Labute approximate surface area is 204 Å². The van der Waals surface area contributed by atoms with Gasteiger partial charge in [0.2, 0.25) is 0 Å². The van der Waals surface area contributed by atoms with E-state index in [4.69, 9.17) is 4.74 Å². The maximum atomic E-state index is 12.8. The summed E-state index contributed by atoms with van der Waals surface area (Å²) < 4.78 is 5.56. The Morgan fingerprint density at radius 1 is 1.03 bits per heavy atom. The maximum absolute atomic E-state index is 12.8. The number of rotatable bonds is 8. The van der Waals surface area contributed by atoms with Crippen LogP contribution >= 0.6 is 11.8 Å². The predicted molar refractivity (Wildman–Crippen MR) is 132 cm³/mol. The van der Waals surface area contributed by atoms with Crippen molar-refractivity contribution >= 4 is 46.3 Å². The molecule has 10 heteroatoms. The summed E-state index contributed by atoms with van der Waals surface area (Å²) in [7, 11) is 0. The van der Waals surface area contributed by atoms with Gasteiger partial charge in [-0.25, -0.2) is 0 Å². The lowest BCUT2D eigenvalue weighted by Gasteiger charge is -2.12. The minimum Gasteiger partial charge on any atom is -0.484 e. The van der Waals surface area contributed by atoms with Gasteiger partial charge in [-0.15, -0.1) is 0 Å². The number of non-ortho nitro benzene ring substituents is 1. The van der Waals surface area contributed by atoms with E-state index in [9.17, 15) is 24.5 Å². The molecule has 3 aromatic carbocycles. The number of hydrogen-bond donors (Lipinski definition) is 1. The second-order valence-corrected chi connectivity index (χ2v) is 8.46. The fourth-order valence-corrected chi connectivity index (χ4v) is 4.09. The van der Waals surface area contributed by atoms with Crippen molar-refractivity contribution in [3.05, 3.63) is 105 Å². The number of carbonyl (C=O) groups excluding carboxylic acids is 3. The van der Waals surface area contributed by atoms with Crippen molar-refractivity contribution in [2.24, 2.45) is 0 Å². The van der Waals surface area contributed by atoms with E-state index < -0.39 is 16.1 Å². The molecule has 3 amide bonds. The average Bonchev–Trinajstić information content (AvgIpc) is 3.11. The summed E-state index contributed by atoms with van der Waals surface area (Å²) in [5, 5.41) is 13.1. The number of thioether (sulfide) groups is 1. The van der Waals surface area contributed by atoms with Gasteiger partial charge in [-0.1, -0.05) is 42.5 Å². The Balaban J connectivity index is 1.38. The molecule has 0 spiro atoms. The Morgan fingerprint density at radius 3 is 2.49 bits per heavy atom. The molecule has 0 unspecified atom stereocenters. The first-order chi connectivity index (χ1) is 16.9. The number of amides is 3. The van der Waals surface area contributed by atoms with E-state index >= 15 is 0 Å². The van der Waals surface area contributed by atoms with Crippen LogP contribution in [0.4, 0.5) is 16.2 Å². The highest BCUT2D eigenvalue weighted by Crippen LogP contribution is 2.33. The second-order valence-electron chi connectivity index (χ2n) is 7.47. The predicted octanol–water partition coefficient (Wildman–Crippen LogP) is 4.85. The summed E-state index contributed by atoms with van der Waals surface area (Å²) in [6.45, 7) is -0.177. The van der Waals surface area contributed by atoms with E-state index in [1.165, 1.54) is 24.3 Å². The van der Waals surface area contributed by atoms with Gasteiger partial charge in [0.1, 0.15) is 5.75 Å². The third kappa shape index (κ3) is 6.12. The van der Waals surface area contributed by atoms with Crippen LogP contribution in [0.25, 0.3) is 6.08 Å². The van der Waals surface area contributed by atoms with Gasteiger partial charge in [-0.05, 0) is 53.2 Å². The quantitative estimate of drug-likeness (QED) is 0.273. The largest absolute Gasteiger partial charge is 0.484 e. The molecular formula is C25H19N3O6S. The molecule has 1 fully saturated rings. The van der Waals surface area contributed by atoms with E-state index in [2.05, 4.69) is 5.32 Å². The molecule has 35 heavy (non-hydrogen) atoms. The van der Waals surface area contributed by atoms with Gasteiger partial charge in [0.15, 0.2) is 6.61 Å². The number of nitrogens with one attached hydrogen (secondary N) is 1. The number of anilines is 1. The Hall–Kier alpha value is -4.44. The minimum absolute atomic E-state index is 0.0136. The van der Waals surface area contributed by atoms with Gasteiger partial charge in [-0.3, -0.25) is 29.4 Å². The first-order valence-electron chi connectivity index (χ1n) is 10.5. The standard InChI is InChI=1S/C25H19N3O6S/c29-23(26-19-6-2-1-3-7-19)16-34-21-8-4-5-18(13-21)14-22-24(30)27(25(31)35-22)15-17-9-11-20(12-10-17)28(32)33/h1-14H,15-16H2,(H,26,29)/b22-14-. The summed E-state index contributed by atoms with van der Waals surface area (Å²) >= 11 is 0.815. The fourth-order valence-electron chi connectivity index (χ4n) is 3.25. The van der Waals surface area contributed by atoms with E-state index in [0.717, 1.165) is 16.7 Å². The molecule has 176 valence electrons. The van der Waals surface area contributed by atoms with Crippen LogP contribution in [0.5, 0.6) is 5.75 Å². The average molecular weight is 490 g/mol. The monoisotopic (exact) mass is 489 g/mol. The third-order valence-corrected chi connectivity index (χ3v) is 5.85. The lowest BCUT2D eigenvalue weighted by Crippen LogP contribution is -2.27. The molecule has 1 heterocycles. The number of ether oxygens (including phenoxy) is 1. The van der Waals surface area contributed by atoms with Crippen LogP contribution in [0.1, 0.15) is 11.1 Å². The summed E-state index contributed by atoms with van der Waals surface area (Å²) in [5.41, 5.74) is 1.83. The minimum atomic E-state index is -0.514. The van der Waals surface area contributed by atoms with E-state index in [1.807, 2.05) is 18.2 Å². The van der Waals surface area contributed by atoms with Crippen molar-refractivity contribution in [3.8, 4) is 5.75 Å².